The van der Waals surface area contributed by atoms with E-state index in [0.29, 0.717) is 17.1 Å². The molecule has 0 heterocycles. The molecule has 0 aliphatic carbocycles. The van der Waals surface area contributed by atoms with Crippen LogP contribution in [0.3, 0.4) is 0 Å². The van der Waals surface area contributed by atoms with Crippen molar-refractivity contribution >= 4 is 17.3 Å². The third kappa shape index (κ3) is 2.85. The van der Waals surface area contributed by atoms with Gasteiger partial charge in [-0.15, -0.1) is 0 Å². The molecule has 1 aromatic carbocycles. The lowest BCUT2D eigenvalue weighted by atomic mass is 10.1. The Bertz CT molecular complexity index is 385. The quantitative estimate of drug-likeness (QED) is 0.855. The molecule has 4 heteroatoms. The van der Waals surface area contributed by atoms with Crippen molar-refractivity contribution in [1.29, 1.82) is 5.26 Å². The molecule has 1 rings (SSSR count). The lowest BCUT2D eigenvalue weighted by molar-refractivity contribution is 0.201. The van der Waals surface area contributed by atoms with Crippen molar-refractivity contribution in [2.45, 2.75) is 13.0 Å². The van der Waals surface area contributed by atoms with Gasteiger partial charge in [-0.2, -0.15) is 5.26 Å². The molecule has 3 nitrogen and oxygen atoms in total. The van der Waals surface area contributed by atoms with Gasteiger partial charge in [-0.1, -0.05) is 17.7 Å². The Morgan fingerprint density at radius 3 is 2.80 bits per heavy atom. The summed E-state index contributed by atoms with van der Waals surface area (Å²) in [6, 6.07) is 7.34. The van der Waals surface area contributed by atoms with Crippen LogP contribution in [0.15, 0.2) is 18.2 Å². The summed E-state index contributed by atoms with van der Waals surface area (Å²) < 4.78 is 0. The van der Waals surface area contributed by atoms with E-state index in [1.165, 1.54) is 0 Å². The summed E-state index contributed by atoms with van der Waals surface area (Å²) in [6.07, 6.45) is -0.444. The molecule has 1 atom stereocenters. The molecule has 0 amide bonds. The number of anilines is 1. The first-order valence-electron chi connectivity index (χ1n) is 4.64. The van der Waals surface area contributed by atoms with Gasteiger partial charge in [-0.05, 0) is 19.1 Å². The third-order valence-corrected chi connectivity index (χ3v) is 2.37. The van der Waals surface area contributed by atoms with Crippen molar-refractivity contribution < 1.29 is 5.11 Å². The zero-order chi connectivity index (χ0) is 11.4. The first-order chi connectivity index (χ1) is 7.06. The molecule has 0 saturated carbocycles. The number of benzene rings is 1. The topological polar surface area (TPSA) is 47.3 Å². The predicted octanol–water partition coefficient (Wildman–Crippen LogP) is 2.03. The van der Waals surface area contributed by atoms with Crippen LogP contribution in [0.1, 0.15) is 12.5 Å². The fraction of sp³-hybridized carbons (Fsp3) is 0.364. The van der Waals surface area contributed by atoms with Crippen molar-refractivity contribution in [3.8, 4) is 6.07 Å². The molecular weight excluding hydrogens is 212 g/mol. The normalized spacial score (nSPS) is 11.9. The molecule has 80 valence electrons. The molecule has 1 unspecified atom stereocenters. The SMILES string of the molecule is CC(O)CN(C)c1cccc(Cl)c1C#N. The number of nitrogens with zero attached hydrogens (tertiary/aromatic N) is 2. The standard InChI is InChI=1S/C11H13ClN2O/c1-8(15)7-14(2)11-5-3-4-10(12)9(11)6-13/h3-5,8,15H,7H2,1-2H3. The summed E-state index contributed by atoms with van der Waals surface area (Å²) in [5.74, 6) is 0. The number of rotatable bonds is 3. The molecule has 0 aliphatic heterocycles. The minimum Gasteiger partial charge on any atom is -0.392 e. The van der Waals surface area contributed by atoms with Gasteiger partial charge >= 0.3 is 0 Å². The summed E-state index contributed by atoms with van der Waals surface area (Å²) in [4.78, 5) is 1.81. The summed E-state index contributed by atoms with van der Waals surface area (Å²) in [5, 5.41) is 18.7. The molecule has 0 spiro atoms. The van der Waals surface area contributed by atoms with Gasteiger partial charge in [-0.3, -0.25) is 0 Å². The molecule has 0 saturated heterocycles. The van der Waals surface area contributed by atoms with E-state index in [9.17, 15) is 5.11 Å². The van der Waals surface area contributed by atoms with Crippen molar-refractivity contribution in [3.63, 3.8) is 0 Å². The lowest BCUT2D eigenvalue weighted by Gasteiger charge is -2.22. The summed E-state index contributed by atoms with van der Waals surface area (Å²) >= 11 is 5.90. The lowest BCUT2D eigenvalue weighted by Crippen LogP contribution is -2.27. The first kappa shape index (κ1) is 11.8. The first-order valence-corrected chi connectivity index (χ1v) is 5.02. The van der Waals surface area contributed by atoms with Gasteiger partial charge < -0.3 is 10.0 Å². The maximum absolute atomic E-state index is 9.26. The second-order valence-corrected chi connectivity index (χ2v) is 3.88. The van der Waals surface area contributed by atoms with Gasteiger partial charge in [0.2, 0.25) is 0 Å². The fourth-order valence-electron chi connectivity index (χ4n) is 1.44. The van der Waals surface area contributed by atoms with E-state index < -0.39 is 6.10 Å². The van der Waals surface area contributed by atoms with E-state index in [1.54, 1.807) is 19.1 Å². The summed E-state index contributed by atoms with van der Waals surface area (Å²) in [7, 11) is 1.82. The van der Waals surface area contributed by atoms with Crippen LogP contribution in [0.2, 0.25) is 5.02 Å². The van der Waals surface area contributed by atoms with E-state index in [2.05, 4.69) is 6.07 Å². The molecule has 15 heavy (non-hydrogen) atoms. The maximum Gasteiger partial charge on any atom is 0.103 e. The van der Waals surface area contributed by atoms with Crippen LogP contribution < -0.4 is 4.90 Å². The van der Waals surface area contributed by atoms with Gasteiger partial charge in [-0.25, -0.2) is 0 Å². The van der Waals surface area contributed by atoms with Crippen LogP contribution in [0, 0.1) is 11.3 Å². The smallest absolute Gasteiger partial charge is 0.103 e. The van der Waals surface area contributed by atoms with Crippen LogP contribution in [-0.2, 0) is 0 Å². The van der Waals surface area contributed by atoms with Crippen molar-refractivity contribution in [2.75, 3.05) is 18.5 Å². The minimum absolute atomic E-state index is 0.437. The largest absolute Gasteiger partial charge is 0.392 e. The zero-order valence-electron chi connectivity index (χ0n) is 8.74. The summed E-state index contributed by atoms with van der Waals surface area (Å²) in [5.41, 5.74) is 1.19. The van der Waals surface area contributed by atoms with Gasteiger partial charge in [0.1, 0.15) is 6.07 Å². The van der Waals surface area contributed by atoms with Crippen molar-refractivity contribution in [3.05, 3.63) is 28.8 Å². The molecule has 0 fully saturated rings. The van der Waals surface area contributed by atoms with Crippen LogP contribution in [0.25, 0.3) is 0 Å². The Labute approximate surface area is 94.5 Å². The highest BCUT2D eigenvalue weighted by Gasteiger charge is 2.11. The second-order valence-electron chi connectivity index (χ2n) is 3.48. The molecule has 0 radical (unpaired) electrons. The Hall–Kier alpha value is -1.24. The molecule has 0 aliphatic rings. The maximum atomic E-state index is 9.26. The highest BCUT2D eigenvalue weighted by Crippen LogP contribution is 2.25. The van der Waals surface area contributed by atoms with Crippen LogP contribution >= 0.6 is 11.6 Å². The van der Waals surface area contributed by atoms with E-state index >= 15 is 0 Å². The van der Waals surface area contributed by atoms with Gasteiger partial charge in [0.05, 0.1) is 22.4 Å². The highest BCUT2D eigenvalue weighted by atomic mass is 35.5. The van der Waals surface area contributed by atoms with Gasteiger partial charge in [0.15, 0.2) is 0 Å². The number of aliphatic hydroxyl groups excluding tert-OH is 1. The molecule has 0 bridgehead atoms. The fourth-order valence-corrected chi connectivity index (χ4v) is 1.65. The number of halogens is 1. The number of likely N-dealkylation sites (N-methyl/N-ethyl adjacent to an activating group) is 1. The van der Waals surface area contributed by atoms with Crippen LogP contribution in [0.4, 0.5) is 5.69 Å². The predicted molar refractivity (Wildman–Crippen MR) is 61.1 cm³/mol. The summed E-state index contributed by atoms with van der Waals surface area (Å²) in [6.45, 7) is 2.17. The Morgan fingerprint density at radius 2 is 2.27 bits per heavy atom. The van der Waals surface area contributed by atoms with E-state index in [-0.39, 0.29) is 0 Å². The monoisotopic (exact) mass is 224 g/mol. The average Bonchev–Trinajstić information content (AvgIpc) is 2.16. The Morgan fingerprint density at radius 1 is 1.60 bits per heavy atom. The van der Waals surface area contributed by atoms with Crippen LogP contribution in [0.5, 0.6) is 0 Å². The number of nitriles is 1. The van der Waals surface area contributed by atoms with Gasteiger partial charge in [0.25, 0.3) is 0 Å². The Kier molecular flexibility index (Phi) is 3.96. The van der Waals surface area contributed by atoms with Crippen molar-refractivity contribution in [1.82, 2.24) is 0 Å². The van der Waals surface area contributed by atoms with Crippen LogP contribution in [-0.4, -0.2) is 24.8 Å². The van der Waals surface area contributed by atoms with E-state index in [0.717, 1.165) is 5.69 Å². The second kappa shape index (κ2) is 5.01. The van der Waals surface area contributed by atoms with E-state index in [1.807, 2.05) is 18.0 Å². The molecular formula is C11H13ClN2O. The minimum atomic E-state index is -0.444. The molecule has 0 aromatic heterocycles. The highest BCUT2D eigenvalue weighted by molar-refractivity contribution is 6.32. The number of aliphatic hydroxyl groups is 1. The number of hydrogen-bond acceptors (Lipinski definition) is 3. The third-order valence-electron chi connectivity index (χ3n) is 2.05. The zero-order valence-corrected chi connectivity index (χ0v) is 9.49. The van der Waals surface area contributed by atoms with E-state index in [4.69, 9.17) is 16.9 Å². The van der Waals surface area contributed by atoms with Gasteiger partial charge in [0, 0.05) is 13.6 Å². The number of hydrogen-bond donors (Lipinski definition) is 1. The van der Waals surface area contributed by atoms with Crippen molar-refractivity contribution in [2.24, 2.45) is 0 Å². The molecule has 1 aromatic rings. The Balaban J connectivity index is 3.04. The average molecular weight is 225 g/mol. The molecule has 1 N–H and O–H groups in total.